The summed E-state index contributed by atoms with van der Waals surface area (Å²) in [5.74, 6) is -5.78. The fraction of sp³-hybridized carbons (Fsp3) is 0.771. The Kier molecular flexibility index (Phi) is 17.6. The molecule has 0 unspecified atom stereocenters. The van der Waals surface area contributed by atoms with Gasteiger partial charge in [-0.3, -0.25) is 33.6 Å². The van der Waals surface area contributed by atoms with Crippen molar-refractivity contribution in [2.24, 2.45) is 0 Å². The monoisotopic (exact) mass is 819 g/mol. The smallest absolute Gasteiger partial charge is 0.303 e. The van der Waals surface area contributed by atoms with E-state index >= 15 is 0 Å². The SMILES string of the molecule is CC(=O)OC[C@H]1O[C@@H](O[C@H]2[C@H](OC(C)=O)[C@@H](OC(C)=O)[C@H](NC(=S)N[C@@H]3CCCC[C@H]3N(C)C)O[C@@H]2COC(C)=O)[C@H](OC(C)=O)[C@@H](OC(C)=O)[C@H]1OC(C)=O. The summed E-state index contributed by atoms with van der Waals surface area (Å²) in [5, 5.41) is 6.44. The predicted octanol–water partition coefficient (Wildman–Crippen LogP) is -0.0570. The van der Waals surface area contributed by atoms with Crippen LogP contribution in [0.2, 0.25) is 0 Å². The van der Waals surface area contributed by atoms with Crippen LogP contribution in [-0.4, -0.2) is 153 Å². The second-order valence-electron chi connectivity index (χ2n) is 13.8. The number of rotatable bonds is 14. The Morgan fingerprint density at radius 1 is 0.571 bits per heavy atom. The quantitative estimate of drug-likeness (QED) is 0.133. The molecule has 0 amide bonds. The Labute approximate surface area is 330 Å². The van der Waals surface area contributed by atoms with Gasteiger partial charge in [-0.25, -0.2) is 0 Å². The van der Waals surface area contributed by atoms with Crippen LogP contribution in [0, 0.1) is 0 Å². The van der Waals surface area contributed by atoms with Gasteiger partial charge < -0.3 is 62.9 Å². The molecule has 0 aromatic rings. The summed E-state index contributed by atoms with van der Waals surface area (Å²) < 4.78 is 57.2. The first-order chi connectivity index (χ1) is 26.3. The van der Waals surface area contributed by atoms with E-state index in [1.54, 1.807) is 0 Å². The molecule has 3 fully saturated rings. The Morgan fingerprint density at radius 3 is 1.52 bits per heavy atom. The number of hydrogen-bond acceptors (Lipinski definition) is 19. The van der Waals surface area contributed by atoms with E-state index in [0.717, 1.165) is 74.1 Å². The van der Waals surface area contributed by atoms with Gasteiger partial charge in [0.2, 0.25) is 0 Å². The van der Waals surface area contributed by atoms with E-state index in [9.17, 15) is 33.6 Å². The van der Waals surface area contributed by atoms with Gasteiger partial charge in [0, 0.05) is 60.5 Å². The molecule has 0 aromatic carbocycles. The second kappa shape index (κ2) is 21.4. The molecule has 1 saturated carbocycles. The van der Waals surface area contributed by atoms with Gasteiger partial charge in [-0.2, -0.15) is 0 Å². The number of ether oxygens (including phenoxy) is 10. The lowest BCUT2D eigenvalue weighted by Crippen LogP contribution is -2.69. The van der Waals surface area contributed by atoms with E-state index in [1.165, 1.54) is 0 Å². The Balaban J connectivity index is 2.11. The summed E-state index contributed by atoms with van der Waals surface area (Å²) in [6, 6.07) is 0.110. The van der Waals surface area contributed by atoms with Crippen LogP contribution in [0.3, 0.4) is 0 Å². The van der Waals surface area contributed by atoms with Gasteiger partial charge in [-0.05, 0) is 39.2 Å². The van der Waals surface area contributed by atoms with Crippen LogP contribution in [0.4, 0.5) is 0 Å². The largest absolute Gasteiger partial charge is 0.463 e. The molecule has 0 aromatic heterocycles. The van der Waals surface area contributed by atoms with Gasteiger partial charge >= 0.3 is 41.8 Å². The van der Waals surface area contributed by atoms with Crippen LogP contribution in [-0.2, 0) is 80.9 Å². The van der Waals surface area contributed by atoms with Gasteiger partial charge in [0.05, 0.1) is 0 Å². The molecule has 20 nitrogen and oxygen atoms in total. The molecule has 0 radical (unpaired) electrons. The number of likely N-dealkylation sites (N-methyl/N-ethyl adjacent to an activating group) is 1. The van der Waals surface area contributed by atoms with Crippen molar-refractivity contribution >= 4 is 59.1 Å². The van der Waals surface area contributed by atoms with Crippen molar-refractivity contribution in [3.8, 4) is 0 Å². The number of nitrogens with zero attached hydrogens (tertiary/aromatic N) is 1. The first-order valence-corrected chi connectivity index (χ1v) is 18.5. The summed E-state index contributed by atoms with van der Waals surface area (Å²) in [6.45, 7) is 6.52. The van der Waals surface area contributed by atoms with Gasteiger partial charge in [0.25, 0.3) is 0 Å². The molecule has 0 bridgehead atoms. The summed E-state index contributed by atoms with van der Waals surface area (Å²) in [6.07, 6.45) is -11.6. The lowest BCUT2D eigenvalue weighted by molar-refractivity contribution is -0.345. The van der Waals surface area contributed by atoms with Crippen LogP contribution >= 0.6 is 12.2 Å². The van der Waals surface area contributed by atoms with E-state index in [0.29, 0.717) is 0 Å². The zero-order valence-corrected chi connectivity index (χ0v) is 33.8. The summed E-state index contributed by atoms with van der Waals surface area (Å²) >= 11 is 5.69. The highest BCUT2D eigenvalue weighted by atomic mass is 32.1. The van der Waals surface area contributed by atoms with Crippen LogP contribution in [0.25, 0.3) is 0 Å². The molecular weight excluding hydrogens is 766 g/mol. The maximum absolute atomic E-state index is 12.7. The Hall–Kier alpha value is -4.18. The molecule has 2 heterocycles. The summed E-state index contributed by atoms with van der Waals surface area (Å²) in [7, 11) is 3.94. The third-order valence-electron chi connectivity index (χ3n) is 8.91. The van der Waals surface area contributed by atoms with Gasteiger partial charge in [-0.15, -0.1) is 0 Å². The fourth-order valence-electron chi connectivity index (χ4n) is 6.87. The maximum Gasteiger partial charge on any atom is 0.303 e. The lowest BCUT2D eigenvalue weighted by Gasteiger charge is -2.49. The molecule has 2 N–H and O–H groups in total. The van der Waals surface area contributed by atoms with Gasteiger partial charge in [-0.1, -0.05) is 12.8 Å². The molecule has 3 aliphatic rings. The number of carbonyl (C=O) groups is 7. The number of thiocarbonyl (C=S) groups is 1. The van der Waals surface area contributed by atoms with Crippen LogP contribution in [0.5, 0.6) is 0 Å². The van der Waals surface area contributed by atoms with Crippen LogP contribution in [0.15, 0.2) is 0 Å². The van der Waals surface area contributed by atoms with Crippen molar-refractivity contribution < 1.29 is 80.9 Å². The molecule has 2 saturated heterocycles. The van der Waals surface area contributed by atoms with Gasteiger partial charge in [0.15, 0.2) is 48.2 Å². The van der Waals surface area contributed by atoms with Crippen molar-refractivity contribution in [1.29, 1.82) is 0 Å². The number of nitrogens with one attached hydrogen (secondary N) is 2. The summed E-state index contributed by atoms with van der Waals surface area (Å²) in [5.41, 5.74) is 0. The molecular formula is C35H53N3O17S. The highest BCUT2D eigenvalue weighted by Gasteiger charge is 2.57. The zero-order valence-electron chi connectivity index (χ0n) is 33.0. The first-order valence-electron chi connectivity index (χ1n) is 18.1. The first kappa shape index (κ1) is 46.2. The number of hydrogen-bond donors (Lipinski definition) is 2. The molecule has 21 heteroatoms. The minimum absolute atomic E-state index is 0.0470. The summed E-state index contributed by atoms with van der Waals surface area (Å²) in [4.78, 5) is 88.5. The average Bonchev–Trinajstić information content (AvgIpc) is 3.07. The molecule has 2 aliphatic heterocycles. The highest BCUT2D eigenvalue weighted by Crippen LogP contribution is 2.35. The average molecular weight is 820 g/mol. The highest BCUT2D eigenvalue weighted by molar-refractivity contribution is 7.80. The number of carbonyl (C=O) groups excluding carboxylic acids is 7. The van der Waals surface area contributed by atoms with E-state index in [4.69, 9.17) is 59.6 Å². The fourth-order valence-corrected chi connectivity index (χ4v) is 7.13. The molecule has 56 heavy (non-hydrogen) atoms. The maximum atomic E-state index is 12.7. The van der Waals surface area contributed by atoms with Crippen molar-refractivity contribution in [3.05, 3.63) is 0 Å². The number of esters is 7. The van der Waals surface area contributed by atoms with E-state index in [1.807, 2.05) is 14.1 Å². The molecule has 0 spiro atoms. The minimum atomic E-state index is -1.79. The van der Waals surface area contributed by atoms with Crippen molar-refractivity contribution in [2.45, 2.75) is 148 Å². The molecule has 3 rings (SSSR count). The van der Waals surface area contributed by atoms with Crippen LogP contribution in [0.1, 0.15) is 74.1 Å². The minimum Gasteiger partial charge on any atom is -0.463 e. The molecule has 12 atom stereocenters. The van der Waals surface area contributed by atoms with Crippen molar-refractivity contribution in [1.82, 2.24) is 15.5 Å². The van der Waals surface area contributed by atoms with Gasteiger partial charge in [0.1, 0.15) is 31.5 Å². The van der Waals surface area contributed by atoms with Crippen LogP contribution < -0.4 is 10.6 Å². The Bertz CT molecular complexity index is 1450. The van der Waals surface area contributed by atoms with E-state index in [2.05, 4.69) is 15.5 Å². The standard InChI is InChI=1S/C35H53N3O17S/c1-16(39)46-14-25-28(55-34-32(52-22(7)45)30(50-20(5)43)27(48-18(3)41)26(54-34)15-47-17(2)40)29(49-19(4)42)31(51-21(6)44)33(53-25)37-35(56)36-23-12-10-11-13-24(23)38(8)9/h23-34H,10-15H2,1-9H3,(H2,36,37,56)/t23-,24-,25-,26-,27+,28-,29+,30+,31-,32-,33-,34+/m1/s1. The predicted molar refractivity (Wildman–Crippen MR) is 192 cm³/mol. The third-order valence-corrected chi connectivity index (χ3v) is 9.15. The van der Waals surface area contributed by atoms with E-state index < -0.39 is 116 Å². The lowest BCUT2D eigenvalue weighted by atomic mass is 9.89. The second-order valence-corrected chi connectivity index (χ2v) is 14.2. The normalized spacial score (nSPS) is 31.5. The molecule has 316 valence electrons. The zero-order chi connectivity index (χ0) is 41.9. The Morgan fingerprint density at radius 2 is 1.02 bits per heavy atom. The molecule has 1 aliphatic carbocycles. The van der Waals surface area contributed by atoms with Crippen molar-refractivity contribution in [2.75, 3.05) is 27.3 Å². The third kappa shape index (κ3) is 13.8. The topological polar surface area (TPSA) is 239 Å². The van der Waals surface area contributed by atoms with Crippen molar-refractivity contribution in [3.63, 3.8) is 0 Å². The van der Waals surface area contributed by atoms with E-state index in [-0.39, 0.29) is 17.2 Å².